The Morgan fingerprint density at radius 1 is 1.03 bits per heavy atom. The van der Waals surface area contributed by atoms with Gasteiger partial charge in [0.15, 0.2) is 5.79 Å². The predicted octanol–water partition coefficient (Wildman–Crippen LogP) is 2.75. The lowest BCUT2D eigenvalue weighted by atomic mass is 10.0. The Balaban J connectivity index is 1.32. The number of fused-ring (bicyclic) bond motifs is 1. The fourth-order valence-corrected chi connectivity index (χ4v) is 3.88. The van der Waals surface area contributed by atoms with Crippen molar-refractivity contribution in [1.82, 2.24) is 19.9 Å². The molecule has 2 saturated heterocycles. The van der Waals surface area contributed by atoms with E-state index in [1.54, 1.807) is 17.2 Å². The third-order valence-corrected chi connectivity index (χ3v) is 5.41. The van der Waals surface area contributed by atoms with E-state index in [0.717, 1.165) is 16.6 Å². The van der Waals surface area contributed by atoms with Crippen LogP contribution in [0.3, 0.4) is 0 Å². The SMILES string of the molecule is O=C(c1cc(Nc2cccc3cccnc23)ncn1)N1CCC2(CC1)OCCO2. The molecule has 0 atom stereocenters. The van der Waals surface area contributed by atoms with Crippen LogP contribution in [0, 0.1) is 0 Å². The zero-order chi connectivity index (χ0) is 19.7. The molecule has 2 aliphatic heterocycles. The first-order valence-electron chi connectivity index (χ1n) is 9.73. The normalized spacial score (nSPS) is 18.3. The van der Waals surface area contributed by atoms with E-state index >= 15 is 0 Å². The summed E-state index contributed by atoms with van der Waals surface area (Å²) in [6.07, 6.45) is 4.51. The van der Waals surface area contributed by atoms with Crippen LogP contribution in [0.5, 0.6) is 0 Å². The number of anilines is 2. The van der Waals surface area contributed by atoms with Gasteiger partial charge in [0.2, 0.25) is 0 Å². The molecule has 2 aliphatic rings. The third-order valence-electron chi connectivity index (χ3n) is 5.41. The molecule has 5 rings (SSSR count). The van der Waals surface area contributed by atoms with Crippen molar-refractivity contribution in [3.63, 3.8) is 0 Å². The Bertz CT molecular complexity index is 1040. The molecule has 0 aliphatic carbocycles. The molecule has 3 aromatic rings. The van der Waals surface area contributed by atoms with Gasteiger partial charge in [-0.25, -0.2) is 9.97 Å². The second-order valence-corrected chi connectivity index (χ2v) is 7.19. The number of benzene rings is 1. The van der Waals surface area contributed by atoms with Crippen molar-refractivity contribution in [3.05, 3.63) is 54.6 Å². The van der Waals surface area contributed by atoms with Gasteiger partial charge in [0.1, 0.15) is 17.8 Å². The second kappa shape index (κ2) is 7.38. The molecule has 1 N–H and O–H groups in total. The van der Waals surface area contributed by atoms with Gasteiger partial charge in [-0.15, -0.1) is 0 Å². The maximum absolute atomic E-state index is 12.9. The lowest BCUT2D eigenvalue weighted by Gasteiger charge is -2.37. The number of pyridine rings is 1. The van der Waals surface area contributed by atoms with Gasteiger partial charge in [0.25, 0.3) is 5.91 Å². The van der Waals surface area contributed by atoms with E-state index in [4.69, 9.17) is 9.47 Å². The first kappa shape index (κ1) is 18.0. The first-order chi connectivity index (χ1) is 14.2. The minimum atomic E-state index is -0.503. The van der Waals surface area contributed by atoms with E-state index in [1.165, 1.54) is 6.33 Å². The highest BCUT2D eigenvalue weighted by Crippen LogP contribution is 2.31. The molecule has 2 aromatic heterocycles. The first-order valence-corrected chi connectivity index (χ1v) is 9.73. The minimum absolute atomic E-state index is 0.112. The van der Waals surface area contributed by atoms with Crippen LogP contribution in [0.1, 0.15) is 23.3 Å². The highest BCUT2D eigenvalue weighted by atomic mass is 16.7. The Hall–Kier alpha value is -3.10. The summed E-state index contributed by atoms with van der Waals surface area (Å²) in [6, 6.07) is 11.5. The number of ether oxygens (including phenoxy) is 2. The molecule has 8 heteroatoms. The van der Waals surface area contributed by atoms with E-state index < -0.39 is 5.79 Å². The molecule has 148 valence electrons. The fourth-order valence-electron chi connectivity index (χ4n) is 3.88. The number of aromatic nitrogens is 3. The lowest BCUT2D eigenvalue weighted by Crippen LogP contribution is -2.47. The number of piperidine rings is 1. The number of nitrogens with zero attached hydrogens (tertiary/aromatic N) is 4. The fraction of sp³-hybridized carbons (Fsp3) is 0.333. The number of hydrogen-bond donors (Lipinski definition) is 1. The number of carbonyl (C=O) groups excluding carboxylic acids is 1. The zero-order valence-electron chi connectivity index (χ0n) is 15.9. The predicted molar refractivity (Wildman–Crippen MR) is 107 cm³/mol. The third kappa shape index (κ3) is 3.52. The quantitative estimate of drug-likeness (QED) is 0.734. The number of nitrogens with one attached hydrogen (secondary N) is 1. The second-order valence-electron chi connectivity index (χ2n) is 7.19. The van der Waals surface area contributed by atoms with E-state index in [1.807, 2.05) is 30.3 Å². The average Bonchev–Trinajstić information content (AvgIpc) is 3.22. The standard InChI is InChI=1S/C21H21N5O3/c27-20(26-9-6-21(7-10-26)28-11-12-29-21)17-13-18(24-14-23-17)25-16-5-1-3-15-4-2-8-22-19(15)16/h1-5,8,13-14H,6-7,9-12H2,(H,23,24,25). The zero-order valence-corrected chi connectivity index (χ0v) is 15.9. The van der Waals surface area contributed by atoms with Crippen molar-refractivity contribution in [2.24, 2.45) is 0 Å². The lowest BCUT2D eigenvalue weighted by molar-refractivity contribution is -0.181. The monoisotopic (exact) mass is 391 g/mol. The summed E-state index contributed by atoms with van der Waals surface area (Å²) in [5.74, 6) is -0.0620. The summed E-state index contributed by atoms with van der Waals surface area (Å²) in [5.41, 5.74) is 2.04. The van der Waals surface area contributed by atoms with Gasteiger partial charge in [-0.1, -0.05) is 18.2 Å². The van der Waals surface area contributed by atoms with Gasteiger partial charge < -0.3 is 19.7 Å². The molecule has 0 radical (unpaired) electrons. The van der Waals surface area contributed by atoms with E-state index in [2.05, 4.69) is 20.3 Å². The molecule has 1 amide bonds. The number of para-hydroxylation sites is 1. The molecule has 0 bridgehead atoms. The summed E-state index contributed by atoms with van der Waals surface area (Å²) >= 11 is 0. The number of likely N-dealkylation sites (tertiary alicyclic amines) is 1. The number of amides is 1. The van der Waals surface area contributed by atoms with Crippen molar-refractivity contribution < 1.29 is 14.3 Å². The largest absolute Gasteiger partial charge is 0.347 e. The van der Waals surface area contributed by atoms with Gasteiger partial charge in [-0.3, -0.25) is 9.78 Å². The molecular formula is C21H21N5O3. The van der Waals surface area contributed by atoms with Gasteiger partial charge in [-0.2, -0.15) is 0 Å². The van der Waals surface area contributed by atoms with Crippen LogP contribution >= 0.6 is 0 Å². The van der Waals surface area contributed by atoms with Crippen LogP contribution in [0.15, 0.2) is 48.9 Å². The summed E-state index contributed by atoms with van der Waals surface area (Å²) in [4.78, 5) is 27.6. The summed E-state index contributed by atoms with van der Waals surface area (Å²) in [5, 5.41) is 4.29. The number of hydrogen-bond acceptors (Lipinski definition) is 7. The summed E-state index contributed by atoms with van der Waals surface area (Å²) in [7, 11) is 0. The van der Waals surface area contributed by atoms with Crippen LogP contribution in [-0.4, -0.2) is 57.8 Å². The van der Waals surface area contributed by atoms with Crippen molar-refractivity contribution in [2.75, 3.05) is 31.6 Å². The van der Waals surface area contributed by atoms with Crippen molar-refractivity contribution >= 4 is 28.3 Å². The molecule has 1 aromatic carbocycles. The van der Waals surface area contributed by atoms with Crippen molar-refractivity contribution in [2.45, 2.75) is 18.6 Å². The van der Waals surface area contributed by atoms with E-state index in [0.29, 0.717) is 50.7 Å². The summed E-state index contributed by atoms with van der Waals surface area (Å²) in [6.45, 7) is 2.41. The smallest absolute Gasteiger partial charge is 0.272 e. The Labute approximate surface area is 167 Å². The number of carbonyl (C=O) groups is 1. The van der Waals surface area contributed by atoms with Gasteiger partial charge in [0, 0.05) is 43.6 Å². The average molecular weight is 391 g/mol. The maximum Gasteiger partial charge on any atom is 0.272 e. The molecule has 2 fully saturated rings. The topological polar surface area (TPSA) is 89.5 Å². The van der Waals surface area contributed by atoms with Crippen LogP contribution in [-0.2, 0) is 9.47 Å². The van der Waals surface area contributed by atoms with Crippen molar-refractivity contribution in [3.8, 4) is 0 Å². The van der Waals surface area contributed by atoms with Gasteiger partial charge in [0.05, 0.1) is 24.4 Å². The molecule has 0 unspecified atom stereocenters. The van der Waals surface area contributed by atoms with Crippen LogP contribution in [0.4, 0.5) is 11.5 Å². The highest BCUT2D eigenvalue weighted by molar-refractivity contribution is 5.94. The molecule has 1 spiro atoms. The van der Waals surface area contributed by atoms with Crippen LogP contribution < -0.4 is 5.32 Å². The highest BCUT2D eigenvalue weighted by Gasteiger charge is 2.41. The van der Waals surface area contributed by atoms with Gasteiger partial charge >= 0.3 is 0 Å². The van der Waals surface area contributed by atoms with E-state index in [9.17, 15) is 4.79 Å². The molecule has 8 nitrogen and oxygen atoms in total. The summed E-state index contributed by atoms with van der Waals surface area (Å²) < 4.78 is 11.5. The van der Waals surface area contributed by atoms with Gasteiger partial charge in [-0.05, 0) is 12.1 Å². The van der Waals surface area contributed by atoms with E-state index in [-0.39, 0.29) is 5.91 Å². The molecular weight excluding hydrogens is 370 g/mol. The molecule has 29 heavy (non-hydrogen) atoms. The number of rotatable bonds is 3. The van der Waals surface area contributed by atoms with Crippen LogP contribution in [0.2, 0.25) is 0 Å². The molecule has 4 heterocycles. The Morgan fingerprint density at radius 3 is 2.66 bits per heavy atom. The van der Waals surface area contributed by atoms with Crippen LogP contribution in [0.25, 0.3) is 10.9 Å². The maximum atomic E-state index is 12.9. The molecule has 0 saturated carbocycles. The van der Waals surface area contributed by atoms with Crippen molar-refractivity contribution in [1.29, 1.82) is 0 Å². The Kier molecular flexibility index (Phi) is 4.57. The minimum Gasteiger partial charge on any atom is -0.347 e. The Morgan fingerprint density at radius 2 is 1.83 bits per heavy atom.